The Bertz CT molecular complexity index is 886. The zero-order chi connectivity index (χ0) is 19.6. The summed E-state index contributed by atoms with van der Waals surface area (Å²) in [6, 6.07) is 16.4. The molecule has 3 aromatic rings. The summed E-state index contributed by atoms with van der Waals surface area (Å²) in [6.07, 6.45) is 4.06. The van der Waals surface area contributed by atoms with Crippen molar-refractivity contribution in [2.24, 2.45) is 0 Å². The molecular weight excluding hydrogens is 356 g/mol. The van der Waals surface area contributed by atoms with E-state index < -0.39 is 0 Å². The van der Waals surface area contributed by atoms with Crippen molar-refractivity contribution in [1.82, 2.24) is 15.3 Å². The number of nitrogens with one attached hydrogen (secondary N) is 2. The summed E-state index contributed by atoms with van der Waals surface area (Å²) in [5, 5.41) is 6.04. The van der Waals surface area contributed by atoms with Crippen molar-refractivity contribution in [1.29, 1.82) is 0 Å². The molecule has 144 valence electrons. The van der Waals surface area contributed by atoms with E-state index in [1.165, 1.54) is 0 Å². The number of amides is 1. The Kier molecular flexibility index (Phi) is 6.92. The molecule has 7 nitrogen and oxygen atoms in total. The molecule has 0 bridgehead atoms. The highest BCUT2D eigenvalue weighted by atomic mass is 16.5. The van der Waals surface area contributed by atoms with Crippen molar-refractivity contribution < 1.29 is 14.3 Å². The molecular formula is C21H22N4O3. The van der Waals surface area contributed by atoms with Crippen LogP contribution in [0.4, 0.5) is 11.5 Å². The third-order valence-corrected chi connectivity index (χ3v) is 3.83. The fourth-order valence-corrected chi connectivity index (χ4v) is 2.46. The molecule has 0 unspecified atom stereocenters. The molecule has 28 heavy (non-hydrogen) atoms. The number of aromatic nitrogens is 2. The van der Waals surface area contributed by atoms with E-state index in [0.29, 0.717) is 24.5 Å². The van der Waals surface area contributed by atoms with Gasteiger partial charge in [0.05, 0.1) is 0 Å². The number of carbonyl (C=O) groups excluding carboxylic acids is 1. The summed E-state index contributed by atoms with van der Waals surface area (Å²) in [5.41, 5.74) is 1.26. The van der Waals surface area contributed by atoms with Gasteiger partial charge in [0.1, 0.15) is 17.1 Å². The van der Waals surface area contributed by atoms with Crippen molar-refractivity contribution in [3.63, 3.8) is 0 Å². The second-order valence-electron chi connectivity index (χ2n) is 5.92. The van der Waals surface area contributed by atoms with Gasteiger partial charge in [-0.3, -0.25) is 4.79 Å². The van der Waals surface area contributed by atoms with Crippen LogP contribution in [0.25, 0.3) is 0 Å². The van der Waals surface area contributed by atoms with E-state index in [1.807, 2.05) is 30.3 Å². The average molecular weight is 378 g/mol. The number of hydrogen-bond donors (Lipinski definition) is 2. The Hall–Kier alpha value is -3.45. The van der Waals surface area contributed by atoms with Crippen LogP contribution in [0.5, 0.6) is 11.6 Å². The van der Waals surface area contributed by atoms with Crippen LogP contribution in [-0.4, -0.2) is 36.1 Å². The molecule has 0 spiro atoms. The van der Waals surface area contributed by atoms with Gasteiger partial charge < -0.3 is 20.1 Å². The predicted octanol–water partition coefficient (Wildman–Crippen LogP) is 3.78. The Labute approximate surface area is 163 Å². The van der Waals surface area contributed by atoms with Gasteiger partial charge in [-0.1, -0.05) is 6.07 Å². The first-order valence-corrected chi connectivity index (χ1v) is 8.94. The molecule has 0 aliphatic carbocycles. The van der Waals surface area contributed by atoms with E-state index >= 15 is 0 Å². The van der Waals surface area contributed by atoms with Gasteiger partial charge in [-0.05, 0) is 55.0 Å². The minimum absolute atomic E-state index is 0.229. The van der Waals surface area contributed by atoms with Crippen molar-refractivity contribution in [2.75, 3.05) is 25.6 Å². The second kappa shape index (κ2) is 10.0. The minimum Gasteiger partial charge on any atom is -0.438 e. The Morgan fingerprint density at radius 1 is 1.00 bits per heavy atom. The Morgan fingerprint density at radius 2 is 1.82 bits per heavy atom. The molecule has 0 aliphatic heterocycles. The molecule has 7 heteroatoms. The number of benzene rings is 1. The van der Waals surface area contributed by atoms with E-state index in [1.54, 1.807) is 43.8 Å². The van der Waals surface area contributed by atoms with Crippen LogP contribution >= 0.6 is 0 Å². The number of hydrogen-bond acceptors (Lipinski definition) is 6. The molecule has 1 amide bonds. The van der Waals surface area contributed by atoms with E-state index in [0.717, 1.165) is 17.9 Å². The lowest BCUT2D eigenvalue weighted by Crippen LogP contribution is -2.25. The maximum absolute atomic E-state index is 12.4. The van der Waals surface area contributed by atoms with Crippen LogP contribution in [0, 0.1) is 0 Å². The van der Waals surface area contributed by atoms with Crippen molar-refractivity contribution in [3.05, 3.63) is 72.6 Å². The first kappa shape index (κ1) is 19.3. The molecule has 2 heterocycles. The van der Waals surface area contributed by atoms with E-state index in [9.17, 15) is 4.79 Å². The highest BCUT2D eigenvalue weighted by Gasteiger charge is 2.14. The highest BCUT2D eigenvalue weighted by Crippen LogP contribution is 2.25. The summed E-state index contributed by atoms with van der Waals surface area (Å²) in [7, 11) is 1.63. The molecule has 3 rings (SSSR count). The number of anilines is 2. The largest absolute Gasteiger partial charge is 0.438 e. The molecule has 0 fully saturated rings. The normalized spacial score (nSPS) is 10.3. The van der Waals surface area contributed by atoms with Gasteiger partial charge in [0.15, 0.2) is 0 Å². The topological polar surface area (TPSA) is 85.4 Å². The number of carbonyl (C=O) groups is 1. The zero-order valence-corrected chi connectivity index (χ0v) is 15.6. The first-order valence-electron chi connectivity index (χ1n) is 8.94. The van der Waals surface area contributed by atoms with Crippen molar-refractivity contribution in [2.45, 2.75) is 6.42 Å². The Morgan fingerprint density at radius 3 is 2.57 bits per heavy atom. The fraction of sp³-hybridized carbons (Fsp3) is 0.190. The van der Waals surface area contributed by atoms with E-state index in [4.69, 9.17) is 9.47 Å². The quantitative estimate of drug-likeness (QED) is 0.551. The SMILES string of the molecule is COCCCNC(=O)c1cccnc1Oc1ccc(Nc2ccccn2)cc1. The van der Waals surface area contributed by atoms with E-state index in [2.05, 4.69) is 20.6 Å². The van der Waals surface area contributed by atoms with Crippen LogP contribution in [0.1, 0.15) is 16.8 Å². The smallest absolute Gasteiger partial charge is 0.256 e. The monoisotopic (exact) mass is 378 g/mol. The second-order valence-corrected chi connectivity index (χ2v) is 5.92. The van der Waals surface area contributed by atoms with Crippen LogP contribution in [0.15, 0.2) is 67.0 Å². The molecule has 0 saturated carbocycles. The van der Waals surface area contributed by atoms with Gasteiger partial charge in [0.2, 0.25) is 5.88 Å². The average Bonchev–Trinajstić information content (AvgIpc) is 2.74. The zero-order valence-electron chi connectivity index (χ0n) is 15.6. The molecule has 0 saturated heterocycles. The van der Waals surface area contributed by atoms with Crippen LogP contribution in [-0.2, 0) is 4.74 Å². The highest BCUT2D eigenvalue weighted by molar-refractivity contribution is 5.96. The van der Waals surface area contributed by atoms with Gasteiger partial charge in [-0.15, -0.1) is 0 Å². The van der Waals surface area contributed by atoms with Crippen LogP contribution < -0.4 is 15.4 Å². The first-order chi connectivity index (χ1) is 13.8. The molecule has 2 aromatic heterocycles. The number of ether oxygens (including phenoxy) is 2. The lowest BCUT2D eigenvalue weighted by Gasteiger charge is -2.11. The molecule has 2 N–H and O–H groups in total. The van der Waals surface area contributed by atoms with Crippen LogP contribution in [0.2, 0.25) is 0 Å². The predicted molar refractivity (Wildman–Crippen MR) is 107 cm³/mol. The molecule has 1 aromatic carbocycles. The fourth-order valence-electron chi connectivity index (χ4n) is 2.46. The number of nitrogens with zero attached hydrogens (tertiary/aromatic N) is 2. The van der Waals surface area contributed by atoms with Crippen molar-refractivity contribution >= 4 is 17.4 Å². The summed E-state index contributed by atoms with van der Waals surface area (Å²) in [6.45, 7) is 1.12. The minimum atomic E-state index is -0.229. The molecule has 0 atom stereocenters. The van der Waals surface area contributed by atoms with Gasteiger partial charge in [0, 0.05) is 38.3 Å². The van der Waals surface area contributed by atoms with Gasteiger partial charge in [0.25, 0.3) is 5.91 Å². The number of pyridine rings is 2. The summed E-state index contributed by atoms with van der Waals surface area (Å²) in [5.74, 6) is 1.37. The summed E-state index contributed by atoms with van der Waals surface area (Å²) >= 11 is 0. The van der Waals surface area contributed by atoms with E-state index in [-0.39, 0.29) is 11.8 Å². The lowest BCUT2D eigenvalue weighted by molar-refractivity contribution is 0.0945. The summed E-state index contributed by atoms with van der Waals surface area (Å²) < 4.78 is 10.8. The number of methoxy groups -OCH3 is 1. The van der Waals surface area contributed by atoms with Crippen LogP contribution in [0.3, 0.4) is 0 Å². The third-order valence-electron chi connectivity index (χ3n) is 3.83. The molecule has 0 aliphatic rings. The van der Waals surface area contributed by atoms with Gasteiger partial charge >= 0.3 is 0 Å². The van der Waals surface area contributed by atoms with Gasteiger partial charge in [-0.2, -0.15) is 0 Å². The summed E-state index contributed by atoms with van der Waals surface area (Å²) in [4.78, 5) is 20.8. The third kappa shape index (κ3) is 5.52. The Balaban J connectivity index is 1.64. The number of rotatable bonds is 9. The maximum Gasteiger partial charge on any atom is 0.256 e. The van der Waals surface area contributed by atoms with Gasteiger partial charge in [-0.25, -0.2) is 9.97 Å². The maximum atomic E-state index is 12.4. The van der Waals surface area contributed by atoms with Crippen molar-refractivity contribution in [3.8, 4) is 11.6 Å². The lowest BCUT2D eigenvalue weighted by atomic mass is 10.2. The standard InChI is InChI=1S/C21H22N4O3/c1-27-15-5-14-23-20(26)18-6-4-13-24-21(18)28-17-10-8-16(9-11-17)25-19-7-2-3-12-22-19/h2-4,6-13H,5,14-15H2,1H3,(H,22,25)(H,23,26). The molecule has 0 radical (unpaired) electrons.